The molecule has 2 fully saturated rings. The summed E-state index contributed by atoms with van der Waals surface area (Å²) in [5.74, 6) is 2.85. The van der Waals surface area contributed by atoms with Crippen molar-refractivity contribution >= 4 is 0 Å². The molecule has 0 radical (unpaired) electrons. The highest BCUT2D eigenvalue weighted by Gasteiger charge is 2.50. The Balaban J connectivity index is 1.52. The second-order valence-electron chi connectivity index (χ2n) is 11.3. The molecule has 0 bridgehead atoms. The van der Waals surface area contributed by atoms with E-state index in [0.29, 0.717) is 29.1 Å². The van der Waals surface area contributed by atoms with Crippen molar-refractivity contribution in [2.45, 2.75) is 69.6 Å². The highest BCUT2D eigenvalue weighted by atomic mass is 16.3. The Kier molecular flexibility index (Phi) is 6.29. The standard InChI is InChI=1S/C32H38O3/c1-22-15-20-32(23(2)21-22,26-7-13-30(35)14-8-26)27-16-18-31(19-17-27,24-3-9-28(33)10-4-24)25-5-11-29(34)12-6-25/h3-14,22-23,27,33-35H,15-21H2,1-2H3. The minimum Gasteiger partial charge on any atom is -0.508 e. The van der Waals surface area contributed by atoms with Gasteiger partial charge in [-0.3, -0.25) is 0 Å². The van der Waals surface area contributed by atoms with Gasteiger partial charge in [0, 0.05) is 10.8 Å². The molecule has 2 saturated carbocycles. The van der Waals surface area contributed by atoms with Gasteiger partial charge in [-0.25, -0.2) is 0 Å². The van der Waals surface area contributed by atoms with Gasteiger partial charge in [0.25, 0.3) is 0 Å². The molecule has 0 saturated heterocycles. The predicted octanol–water partition coefficient (Wildman–Crippen LogP) is 7.67. The van der Waals surface area contributed by atoms with Crippen molar-refractivity contribution in [3.63, 3.8) is 0 Å². The Bertz CT molecular complexity index is 1080. The molecular weight excluding hydrogens is 432 g/mol. The number of phenolic OH excluding ortho intramolecular Hbond substituents is 3. The van der Waals surface area contributed by atoms with Crippen LogP contribution in [0.25, 0.3) is 0 Å². The summed E-state index contributed by atoms with van der Waals surface area (Å²) >= 11 is 0. The number of aromatic hydroxyl groups is 3. The molecule has 3 aromatic rings. The van der Waals surface area contributed by atoms with Gasteiger partial charge in [-0.2, -0.15) is 0 Å². The van der Waals surface area contributed by atoms with E-state index in [0.717, 1.165) is 31.6 Å². The van der Waals surface area contributed by atoms with Crippen LogP contribution in [-0.4, -0.2) is 15.3 Å². The van der Waals surface area contributed by atoms with Crippen molar-refractivity contribution in [1.82, 2.24) is 0 Å². The van der Waals surface area contributed by atoms with Gasteiger partial charge in [-0.05, 0) is 116 Å². The first-order valence-electron chi connectivity index (χ1n) is 13.2. The fourth-order valence-electron chi connectivity index (χ4n) is 7.64. The SMILES string of the molecule is CC1CCC(c2ccc(O)cc2)(C2CCC(c3ccc(O)cc3)(c3ccc(O)cc3)CC2)C(C)C1. The van der Waals surface area contributed by atoms with Crippen LogP contribution in [0.1, 0.15) is 75.5 Å². The summed E-state index contributed by atoms with van der Waals surface area (Å²) in [6, 6.07) is 23.5. The van der Waals surface area contributed by atoms with Crippen molar-refractivity contribution in [1.29, 1.82) is 0 Å². The van der Waals surface area contributed by atoms with E-state index in [1.54, 1.807) is 24.3 Å². The van der Waals surface area contributed by atoms with Crippen LogP contribution >= 0.6 is 0 Å². The van der Waals surface area contributed by atoms with E-state index in [4.69, 9.17) is 0 Å². The van der Waals surface area contributed by atoms with Gasteiger partial charge in [0.05, 0.1) is 0 Å². The zero-order valence-electron chi connectivity index (χ0n) is 21.0. The number of rotatable bonds is 4. The normalized spacial score (nSPS) is 26.9. The fraction of sp³-hybridized carbons (Fsp3) is 0.438. The van der Waals surface area contributed by atoms with Crippen molar-refractivity contribution in [3.8, 4) is 17.2 Å². The maximum absolute atomic E-state index is 9.98. The monoisotopic (exact) mass is 470 g/mol. The Morgan fingerprint density at radius 3 is 1.43 bits per heavy atom. The molecule has 0 aromatic heterocycles. The van der Waals surface area contributed by atoms with Gasteiger partial charge in [-0.15, -0.1) is 0 Å². The highest BCUT2D eigenvalue weighted by molar-refractivity contribution is 5.44. The minimum absolute atomic E-state index is 0.126. The lowest BCUT2D eigenvalue weighted by Crippen LogP contribution is -2.48. The summed E-state index contributed by atoms with van der Waals surface area (Å²) in [6.07, 6.45) is 8.03. The first-order valence-corrected chi connectivity index (χ1v) is 13.2. The van der Waals surface area contributed by atoms with E-state index in [-0.39, 0.29) is 10.8 Å². The highest BCUT2D eigenvalue weighted by Crippen LogP contribution is 2.57. The van der Waals surface area contributed by atoms with Crippen molar-refractivity contribution in [3.05, 3.63) is 89.5 Å². The van der Waals surface area contributed by atoms with Gasteiger partial charge < -0.3 is 15.3 Å². The molecule has 0 amide bonds. The van der Waals surface area contributed by atoms with Crippen LogP contribution in [0.4, 0.5) is 0 Å². The Labute approximate surface area is 209 Å². The maximum Gasteiger partial charge on any atom is 0.115 e. The number of phenols is 3. The van der Waals surface area contributed by atoms with E-state index in [1.165, 1.54) is 36.0 Å². The second kappa shape index (κ2) is 9.26. The third kappa shape index (κ3) is 4.20. The largest absolute Gasteiger partial charge is 0.508 e. The summed E-state index contributed by atoms with van der Waals surface area (Å²) < 4.78 is 0. The molecule has 3 atom stereocenters. The van der Waals surface area contributed by atoms with Crippen LogP contribution in [0.3, 0.4) is 0 Å². The molecule has 3 N–H and O–H groups in total. The zero-order valence-corrected chi connectivity index (χ0v) is 21.0. The molecule has 3 aromatic carbocycles. The number of hydrogen-bond donors (Lipinski definition) is 3. The van der Waals surface area contributed by atoms with Crippen LogP contribution in [0.2, 0.25) is 0 Å². The molecule has 2 aliphatic carbocycles. The van der Waals surface area contributed by atoms with Gasteiger partial charge >= 0.3 is 0 Å². The summed E-state index contributed by atoms with van der Waals surface area (Å²) in [5.41, 5.74) is 3.88. The van der Waals surface area contributed by atoms with Crippen LogP contribution < -0.4 is 0 Å². The molecule has 0 aliphatic heterocycles. The molecule has 2 aliphatic rings. The Morgan fingerprint density at radius 2 is 1.00 bits per heavy atom. The third-order valence-electron chi connectivity index (χ3n) is 9.50. The van der Waals surface area contributed by atoms with Gasteiger partial charge in [-0.1, -0.05) is 50.2 Å². The molecule has 5 rings (SSSR count). The molecule has 3 nitrogen and oxygen atoms in total. The van der Waals surface area contributed by atoms with Gasteiger partial charge in [0.1, 0.15) is 17.2 Å². The lowest BCUT2D eigenvalue weighted by molar-refractivity contribution is 0.0596. The molecule has 35 heavy (non-hydrogen) atoms. The Hall–Kier alpha value is -2.94. The lowest BCUT2D eigenvalue weighted by atomic mass is 9.50. The van der Waals surface area contributed by atoms with Crippen LogP contribution in [-0.2, 0) is 10.8 Å². The minimum atomic E-state index is -0.126. The average molecular weight is 471 g/mol. The van der Waals surface area contributed by atoms with Crippen molar-refractivity contribution in [2.75, 3.05) is 0 Å². The third-order valence-corrected chi connectivity index (χ3v) is 9.50. The summed E-state index contributed by atoms with van der Waals surface area (Å²) in [7, 11) is 0. The van der Waals surface area contributed by atoms with Crippen molar-refractivity contribution in [2.24, 2.45) is 17.8 Å². The average Bonchev–Trinajstić information content (AvgIpc) is 2.86. The van der Waals surface area contributed by atoms with Gasteiger partial charge in [0.15, 0.2) is 0 Å². The smallest absolute Gasteiger partial charge is 0.115 e. The van der Waals surface area contributed by atoms with E-state index in [2.05, 4.69) is 50.2 Å². The molecule has 0 heterocycles. The molecule has 3 unspecified atom stereocenters. The predicted molar refractivity (Wildman–Crippen MR) is 141 cm³/mol. The maximum atomic E-state index is 9.98. The molecular formula is C32H38O3. The summed E-state index contributed by atoms with van der Waals surface area (Å²) in [5, 5.41) is 29.9. The molecule has 3 heteroatoms. The topological polar surface area (TPSA) is 60.7 Å². The number of benzene rings is 3. The fourth-order valence-corrected chi connectivity index (χ4v) is 7.64. The van der Waals surface area contributed by atoms with E-state index >= 15 is 0 Å². The van der Waals surface area contributed by atoms with E-state index in [9.17, 15) is 15.3 Å². The van der Waals surface area contributed by atoms with Gasteiger partial charge in [0.2, 0.25) is 0 Å². The van der Waals surface area contributed by atoms with Crippen molar-refractivity contribution < 1.29 is 15.3 Å². The quantitative estimate of drug-likeness (QED) is 0.366. The number of hydrogen-bond acceptors (Lipinski definition) is 3. The van der Waals surface area contributed by atoms with Crippen LogP contribution in [0, 0.1) is 17.8 Å². The first kappa shape index (κ1) is 23.8. The zero-order chi connectivity index (χ0) is 24.6. The molecule has 184 valence electrons. The molecule has 0 spiro atoms. The summed E-state index contributed by atoms with van der Waals surface area (Å²) in [6.45, 7) is 4.84. The summed E-state index contributed by atoms with van der Waals surface area (Å²) in [4.78, 5) is 0. The second-order valence-corrected chi connectivity index (χ2v) is 11.3. The Morgan fingerprint density at radius 1 is 0.571 bits per heavy atom. The lowest BCUT2D eigenvalue weighted by Gasteiger charge is -2.54. The van der Waals surface area contributed by atoms with Crippen LogP contribution in [0.15, 0.2) is 72.8 Å². The van der Waals surface area contributed by atoms with Crippen LogP contribution in [0.5, 0.6) is 17.2 Å². The van der Waals surface area contributed by atoms with E-state index in [1.807, 2.05) is 12.1 Å². The van der Waals surface area contributed by atoms with E-state index < -0.39 is 0 Å². The first-order chi connectivity index (χ1) is 16.8.